The molecule has 2 unspecified atom stereocenters. The molecule has 1 aromatic carbocycles. The van der Waals surface area contributed by atoms with E-state index in [1.165, 1.54) is 44.3 Å². The Hall–Kier alpha value is -1.06. The van der Waals surface area contributed by atoms with E-state index in [0.29, 0.717) is 12.1 Å². The summed E-state index contributed by atoms with van der Waals surface area (Å²) in [6.07, 6.45) is 5.45. The van der Waals surface area contributed by atoms with Gasteiger partial charge in [0.2, 0.25) is 0 Å². The summed E-state index contributed by atoms with van der Waals surface area (Å²) >= 11 is 0. The van der Waals surface area contributed by atoms with Crippen molar-refractivity contribution in [1.82, 2.24) is 10.2 Å². The minimum Gasteiger partial charge on any atom is -0.497 e. The fourth-order valence-electron chi connectivity index (χ4n) is 3.31. The van der Waals surface area contributed by atoms with Gasteiger partial charge < -0.3 is 10.1 Å². The van der Waals surface area contributed by atoms with Crippen LogP contribution in [0.15, 0.2) is 24.3 Å². The van der Waals surface area contributed by atoms with Gasteiger partial charge >= 0.3 is 0 Å². The van der Waals surface area contributed by atoms with Crippen molar-refractivity contribution in [3.05, 3.63) is 29.8 Å². The minimum atomic E-state index is 0.388. The molecule has 2 rings (SSSR count). The lowest BCUT2D eigenvalue weighted by atomic mass is 9.98. The van der Waals surface area contributed by atoms with Gasteiger partial charge in [-0.15, -0.1) is 0 Å². The van der Waals surface area contributed by atoms with E-state index in [9.17, 15) is 0 Å². The zero-order valence-electron chi connectivity index (χ0n) is 13.8. The van der Waals surface area contributed by atoms with Gasteiger partial charge in [0.1, 0.15) is 5.75 Å². The fraction of sp³-hybridized carbons (Fsp3) is 0.667. The van der Waals surface area contributed by atoms with Gasteiger partial charge in [-0.05, 0) is 57.1 Å². The number of hydrogen-bond acceptors (Lipinski definition) is 3. The van der Waals surface area contributed by atoms with Crippen molar-refractivity contribution in [2.45, 2.75) is 51.6 Å². The molecule has 1 aliphatic rings. The van der Waals surface area contributed by atoms with E-state index in [1.54, 1.807) is 7.11 Å². The molecule has 2 atom stereocenters. The van der Waals surface area contributed by atoms with Crippen LogP contribution < -0.4 is 10.1 Å². The maximum atomic E-state index is 5.27. The minimum absolute atomic E-state index is 0.388. The first kappa shape index (κ1) is 16.3. The molecule has 0 bridgehead atoms. The van der Waals surface area contributed by atoms with Crippen LogP contribution in [0.25, 0.3) is 0 Å². The van der Waals surface area contributed by atoms with E-state index in [1.807, 2.05) is 0 Å². The number of ether oxygens (including phenoxy) is 1. The number of methoxy groups -OCH3 is 1. The number of nitrogens with one attached hydrogen (secondary N) is 1. The molecule has 3 heteroatoms. The van der Waals surface area contributed by atoms with Crippen LogP contribution >= 0.6 is 0 Å². The summed E-state index contributed by atoms with van der Waals surface area (Å²) in [6, 6.07) is 9.43. The SMILES string of the molecule is CCNC(c1ccc(OC)cc1)C(C)N1CCCCCC1. The summed E-state index contributed by atoms with van der Waals surface area (Å²) in [5, 5.41) is 3.67. The summed E-state index contributed by atoms with van der Waals surface area (Å²) in [5.74, 6) is 0.927. The molecule has 0 aliphatic carbocycles. The van der Waals surface area contributed by atoms with Crippen molar-refractivity contribution >= 4 is 0 Å². The van der Waals surface area contributed by atoms with Gasteiger partial charge in [-0.3, -0.25) is 4.90 Å². The van der Waals surface area contributed by atoms with Crippen LogP contribution in [-0.2, 0) is 0 Å². The largest absolute Gasteiger partial charge is 0.497 e. The van der Waals surface area contributed by atoms with Gasteiger partial charge in [-0.2, -0.15) is 0 Å². The summed E-state index contributed by atoms with van der Waals surface area (Å²) in [5.41, 5.74) is 1.36. The van der Waals surface area contributed by atoms with E-state index < -0.39 is 0 Å². The van der Waals surface area contributed by atoms with E-state index >= 15 is 0 Å². The van der Waals surface area contributed by atoms with Gasteiger partial charge in [0.15, 0.2) is 0 Å². The molecular formula is C18H30N2O. The van der Waals surface area contributed by atoms with Gasteiger partial charge in [0, 0.05) is 12.1 Å². The van der Waals surface area contributed by atoms with Crippen LogP contribution in [0.3, 0.4) is 0 Å². The van der Waals surface area contributed by atoms with E-state index in [2.05, 4.69) is 48.3 Å². The Kier molecular flexibility index (Phi) is 6.52. The molecule has 0 aromatic heterocycles. The third-order valence-electron chi connectivity index (χ3n) is 4.60. The zero-order valence-corrected chi connectivity index (χ0v) is 13.8. The lowest BCUT2D eigenvalue weighted by Gasteiger charge is -2.35. The standard InChI is InChI=1S/C18H30N2O/c1-4-19-18(16-9-11-17(21-3)12-10-16)15(2)20-13-7-5-6-8-14-20/h9-12,15,18-19H,4-8,13-14H2,1-3H3. The van der Waals surface area contributed by atoms with Gasteiger partial charge in [-0.1, -0.05) is 31.9 Å². The molecule has 0 radical (unpaired) electrons. The molecular weight excluding hydrogens is 260 g/mol. The Bertz CT molecular complexity index is 396. The highest BCUT2D eigenvalue weighted by Crippen LogP contribution is 2.25. The molecule has 1 aliphatic heterocycles. The van der Waals surface area contributed by atoms with Crippen molar-refractivity contribution in [3.63, 3.8) is 0 Å². The highest BCUT2D eigenvalue weighted by atomic mass is 16.5. The molecule has 1 aromatic rings. The second-order valence-electron chi connectivity index (χ2n) is 6.00. The Morgan fingerprint density at radius 2 is 1.71 bits per heavy atom. The van der Waals surface area contributed by atoms with Crippen molar-refractivity contribution in [2.24, 2.45) is 0 Å². The lowest BCUT2D eigenvalue weighted by molar-refractivity contribution is 0.176. The van der Waals surface area contributed by atoms with Crippen LogP contribution in [0.2, 0.25) is 0 Å². The topological polar surface area (TPSA) is 24.5 Å². The molecule has 1 saturated heterocycles. The van der Waals surface area contributed by atoms with Gasteiger partial charge in [0.25, 0.3) is 0 Å². The van der Waals surface area contributed by atoms with Crippen molar-refractivity contribution in [2.75, 3.05) is 26.7 Å². The van der Waals surface area contributed by atoms with Gasteiger partial charge in [-0.25, -0.2) is 0 Å². The molecule has 1 N–H and O–H groups in total. The Morgan fingerprint density at radius 3 is 2.24 bits per heavy atom. The summed E-state index contributed by atoms with van der Waals surface area (Å²) in [7, 11) is 1.72. The Balaban J connectivity index is 2.11. The van der Waals surface area contributed by atoms with Crippen molar-refractivity contribution in [3.8, 4) is 5.75 Å². The smallest absolute Gasteiger partial charge is 0.118 e. The second kappa shape index (κ2) is 8.40. The number of rotatable bonds is 6. The molecule has 1 fully saturated rings. The predicted molar refractivity (Wildman–Crippen MR) is 88.9 cm³/mol. The third kappa shape index (κ3) is 4.45. The predicted octanol–water partition coefficient (Wildman–Crippen LogP) is 3.61. The fourth-order valence-corrected chi connectivity index (χ4v) is 3.31. The normalized spacial score (nSPS) is 19.8. The van der Waals surface area contributed by atoms with Crippen LogP contribution in [0.1, 0.15) is 51.1 Å². The van der Waals surface area contributed by atoms with E-state index in [0.717, 1.165) is 12.3 Å². The molecule has 0 spiro atoms. The number of likely N-dealkylation sites (tertiary alicyclic amines) is 1. The van der Waals surface area contributed by atoms with Crippen LogP contribution in [0, 0.1) is 0 Å². The number of nitrogens with zero attached hydrogens (tertiary/aromatic N) is 1. The highest BCUT2D eigenvalue weighted by Gasteiger charge is 2.24. The first-order valence-electron chi connectivity index (χ1n) is 8.37. The zero-order chi connectivity index (χ0) is 15.1. The van der Waals surface area contributed by atoms with E-state index in [-0.39, 0.29) is 0 Å². The Labute approximate surface area is 129 Å². The van der Waals surface area contributed by atoms with Gasteiger partial charge in [0.05, 0.1) is 7.11 Å². The third-order valence-corrected chi connectivity index (χ3v) is 4.60. The number of hydrogen-bond donors (Lipinski definition) is 1. The maximum absolute atomic E-state index is 5.27. The van der Waals surface area contributed by atoms with Crippen molar-refractivity contribution < 1.29 is 4.74 Å². The first-order chi connectivity index (χ1) is 10.3. The summed E-state index contributed by atoms with van der Waals surface area (Å²) in [4.78, 5) is 2.66. The molecule has 0 saturated carbocycles. The average molecular weight is 290 g/mol. The van der Waals surface area contributed by atoms with Crippen molar-refractivity contribution in [1.29, 1.82) is 0 Å². The monoisotopic (exact) mass is 290 g/mol. The van der Waals surface area contributed by atoms with Crippen LogP contribution in [-0.4, -0.2) is 37.7 Å². The van der Waals surface area contributed by atoms with Crippen LogP contribution in [0.5, 0.6) is 5.75 Å². The lowest BCUT2D eigenvalue weighted by Crippen LogP contribution is -2.43. The summed E-state index contributed by atoms with van der Waals surface area (Å²) < 4.78 is 5.27. The van der Waals surface area contributed by atoms with Crippen LogP contribution in [0.4, 0.5) is 0 Å². The molecule has 118 valence electrons. The van der Waals surface area contributed by atoms with E-state index in [4.69, 9.17) is 4.74 Å². The molecule has 1 heterocycles. The highest BCUT2D eigenvalue weighted by molar-refractivity contribution is 5.29. The number of benzene rings is 1. The second-order valence-corrected chi connectivity index (χ2v) is 6.00. The Morgan fingerprint density at radius 1 is 1.10 bits per heavy atom. The number of likely N-dealkylation sites (N-methyl/N-ethyl adjacent to an activating group) is 1. The quantitative estimate of drug-likeness (QED) is 0.866. The molecule has 3 nitrogen and oxygen atoms in total. The molecule has 21 heavy (non-hydrogen) atoms. The molecule has 0 amide bonds. The average Bonchev–Trinajstić information content (AvgIpc) is 2.81. The maximum Gasteiger partial charge on any atom is 0.118 e. The first-order valence-corrected chi connectivity index (χ1v) is 8.37. The summed E-state index contributed by atoms with van der Waals surface area (Å²) in [6.45, 7) is 8.02.